The molecule has 0 atom stereocenters. The first-order chi connectivity index (χ1) is 10.8. The van der Waals surface area contributed by atoms with E-state index in [1.165, 1.54) is 6.07 Å². The van der Waals surface area contributed by atoms with E-state index >= 15 is 0 Å². The molecule has 0 aliphatic rings. The molecule has 2 aromatic rings. The van der Waals surface area contributed by atoms with Gasteiger partial charge in [0.15, 0.2) is 11.6 Å². The van der Waals surface area contributed by atoms with Gasteiger partial charge in [-0.3, -0.25) is 4.79 Å². The summed E-state index contributed by atoms with van der Waals surface area (Å²) >= 11 is 0. The highest BCUT2D eigenvalue weighted by atomic mass is 19.1. The molecule has 0 bridgehead atoms. The number of hydrogen-bond acceptors (Lipinski definition) is 2. The fourth-order valence-electron chi connectivity index (χ4n) is 2.51. The second-order valence-corrected chi connectivity index (χ2v) is 6.33. The Hall–Kier alpha value is -2.36. The van der Waals surface area contributed by atoms with Crippen LogP contribution in [0, 0.1) is 12.7 Å². The Morgan fingerprint density at radius 2 is 1.87 bits per heavy atom. The molecule has 3 nitrogen and oxygen atoms in total. The molecular weight excluding hydrogens is 295 g/mol. The number of ether oxygens (including phenoxy) is 1. The predicted octanol–water partition coefficient (Wildman–Crippen LogP) is 4.47. The van der Waals surface area contributed by atoms with E-state index in [-0.39, 0.29) is 18.8 Å². The molecule has 0 saturated heterocycles. The molecule has 0 amide bonds. The number of aliphatic carboxylic acids is 1. The second-order valence-electron chi connectivity index (χ2n) is 6.33. The monoisotopic (exact) mass is 316 g/mol. The van der Waals surface area contributed by atoms with Gasteiger partial charge in [0.2, 0.25) is 0 Å². The number of hydrogen-bond donors (Lipinski definition) is 1. The molecule has 0 aromatic heterocycles. The van der Waals surface area contributed by atoms with Gasteiger partial charge in [0.25, 0.3) is 0 Å². The minimum atomic E-state index is -0.905. The maximum Gasteiger partial charge on any atom is 0.304 e. The van der Waals surface area contributed by atoms with E-state index in [0.29, 0.717) is 11.1 Å². The van der Waals surface area contributed by atoms with Crippen molar-refractivity contribution in [1.82, 2.24) is 0 Å². The van der Waals surface area contributed by atoms with Gasteiger partial charge in [-0.2, -0.15) is 0 Å². The quantitative estimate of drug-likeness (QED) is 0.855. The van der Waals surface area contributed by atoms with Crippen LogP contribution in [0.25, 0.3) is 0 Å². The number of carbonyl (C=O) groups is 1. The fourth-order valence-corrected chi connectivity index (χ4v) is 2.51. The third-order valence-corrected chi connectivity index (χ3v) is 3.83. The summed E-state index contributed by atoms with van der Waals surface area (Å²) in [6.07, 6.45) is -0.0594. The molecule has 2 aromatic carbocycles. The van der Waals surface area contributed by atoms with Crippen LogP contribution in [-0.2, 0) is 16.8 Å². The summed E-state index contributed by atoms with van der Waals surface area (Å²) in [4.78, 5) is 11.0. The van der Waals surface area contributed by atoms with E-state index in [1.54, 1.807) is 26.8 Å². The highest BCUT2D eigenvalue weighted by Crippen LogP contribution is 2.33. The first-order valence-electron chi connectivity index (χ1n) is 7.49. The average molecular weight is 316 g/mol. The molecule has 0 spiro atoms. The van der Waals surface area contributed by atoms with Gasteiger partial charge in [0, 0.05) is 5.41 Å². The van der Waals surface area contributed by atoms with Gasteiger partial charge in [-0.05, 0) is 29.7 Å². The number of aryl methyl sites for hydroxylation is 1. The molecule has 4 heteroatoms. The molecule has 1 N–H and O–H groups in total. The van der Waals surface area contributed by atoms with Crippen LogP contribution in [0.3, 0.4) is 0 Å². The molecule has 0 unspecified atom stereocenters. The third kappa shape index (κ3) is 4.31. The largest absolute Gasteiger partial charge is 0.486 e. The van der Waals surface area contributed by atoms with Crippen LogP contribution in [0.2, 0.25) is 0 Å². The number of carboxylic acids is 1. The van der Waals surface area contributed by atoms with E-state index in [1.807, 2.05) is 30.3 Å². The van der Waals surface area contributed by atoms with Gasteiger partial charge in [0.1, 0.15) is 6.61 Å². The van der Waals surface area contributed by atoms with Crippen molar-refractivity contribution in [3.05, 3.63) is 65.0 Å². The lowest BCUT2D eigenvalue weighted by atomic mass is 9.81. The van der Waals surface area contributed by atoms with Crippen LogP contribution in [0.4, 0.5) is 4.39 Å². The van der Waals surface area contributed by atoms with Crippen molar-refractivity contribution in [1.29, 1.82) is 0 Å². The Morgan fingerprint density at radius 3 is 2.43 bits per heavy atom. The lowest BCUT2D eigenvalue weighted by Gasteiger charge is -2.24. The molecule has 0 heterocycles. The summed E-state index contributed by atoms with van der Waals surface area (Å²) in [5.41, 5.74) is 1.63. The molecule has 23 heavy (non-hydrogen) atoms. The third-order valence-electron chi connectivity index (χ3n) is 3.83. The SMILES string of the molecule is Cc1cc(C(C)(C)CC(=O)O)cc(F)c1OCc1ccccc1. The van der Waals surface area contributed by atoms with Gasteiger partial charge < -0.3 is 9.84 Å². The van der Waals surface area contributed by atoms with Crippen molar-refractivity contribution in [3.8, 4) is 5.75 Å². The van der Waals surface area contributed by atoms with Gasteiger partial charge in [-0.1, -0.05) is 50.2 Å². The molecule has 0 saturated carbocycles. The first-order valence-corrected chi connectivity index (χ1v) is 7.49. The van der Waals surface area contributed by atoms with Crippen LogP contribution < -0.4 is 4.74 Å². The standard InChI is InChI=1S/C19H21FO3/c1-13-9-15(19(2,3)11-17(21)22)10-16(20)18(13)23-12-14-7-5-4-6-8-14/h4-10H,11-12H2,1-3H3,(H,21,22). The summed E-state index contributed by atoms with van der Waals surface area (Å²) in [5, 5.41) is 9.00. The number of benzene rings is 2. The summed E-state index contributed by atoms with van der Waals surface area (Å²) in [7, 11) is 0. The summed E-state index contributed by atoms with van der Waals surface area (Å²) in [5.74, 6) is -1.16. The maximum atomic E-state index is 14.4. The van der Waals surface area contributed by atoms with Gasteiger partial charge in [-0.15, -0.1) is 0 Å². The average Bonchev–Trinajstić information content (AvgIpc) is 2.46. The van der Waals surface area contributed by atoms with E-state index in [4.69, 9.17) is 9.84 Å². The first kappa shape index (κ1) is 17.0. The Morgan fingerprint density at radius 1 is 1.22 bits per heavy atom. The molecular formula is C19H21FO3. The topological polar surface area (TPSA) is 46.5 Å². The Labute approximate surface area is 135 Å². The molecule has 122 valence electrons. The van der Waals surface area contributed by atoms with Crippen LogP contribution >= 0.6 is 0 Å². The Bertz CT molecular complexity index is 670. The minimum Gasteiger partial charge on any atom is -0.486 e. The van der Waals surface area contributed by atoms with E-state index in [2.05, 4.69) is 0 Å². The van der Waals surface area contributed by atoms with Gasteiger partial charge in [0.05, 0.1) is 6.42 Å². The lowest BCUT2D eigenvalue weighted by Crippen LogP contribution is -2.22. The van der Waals surface area contributed by atoms with Crippen LogP contribution in [0.5, 0.6) is 5.75 Å². The normalized spacial score (nSPS) is 11.3. The molecule has 0 radical (unpaired) electrons. The van der Waals surface area contributed by atoms with Crippen LogP contribution in [-0.4, -0.2) is 11.1 Å². The smallest absolute Gasteiger partial charge is 0.304 e. The Kier molecular flexibility index (Phi) is 5.04. The van der Waals surface area contributed by atoms with Crippen molar-refractivity contribution in [2.75, 3.05) is 0 Å². The molecule has 0 aliphatic heterocycles. The molecule has 2 rings (SSSR count). The summed E-state index contributed by atoms with van der Waals surface area (Å²) in [6, 6.07) is 12.7. The summed E-state index contributed by atoms with van der Waals surface area (Å²) in [6.45, 7) is 5.64. The van der Waals surface area contributed by atoms with Crippen LogP contribution in [0.1, 0.15) is 37.0 Å². The number of carboxylic acid groups (broad SMARTS) is 1. The summed E-state index contributed by atoms with van der Waals surface area (Å²) < 4.78 is 20.0. The van der Waals surface area contributed by atoms with E-state index < -0.39 is 17.2 Å². The Balaban J connectivity index is 2.22. The minimum absolute atomic E-state index is 0.0594. The zero-order valence-electron chi connectivity index (χ0n) is 13.6. The van der Waals surface area contributed by atoms with Gasteiger partial charge >= 0.3 is 5.97 Å². The van der Waals surface area contributed by atoms with Gasteiger partial charge in [-0.25, -0.2) is 4.39 Å². The zero-order valence-corrected chi connectivity index (χ0v) is 13.6. The van der Waals surface area contributed by atoms with Crippen molar-refractivity contribution in [2.45, 2.75) is 39.2 Å². The maximum absolute atomic E-state index is 14.4. The highest BCUT2D eigenvalue weighted by molar-refractivity contribution is 5.69. The van der Waals surface area contributed by atoms with Crippen molar-refractivity contribution < 1.29 is 19.0 Å². The van der Waals surface area contributed by atoms with Crippen molar-refractivity contribution in [3.63, 3.8) is 0 Å². The molecule has 0 fully saturated rings. The fraction of sp³-hybridized carbons (Fsp3) is 0.316. The van der Waals surface area contributed by atoms with Crippen LogP contribution in [0.15, 0.2) is 42.5 Å². The lowest BCUT2D eigenvalue weighted by molar-refractivity contribution is -0.138. The highest BCUT2D eigenvalue weighted by Gasteiger charge is 2.26. The van der Waals surface area contributed by atoms with E-state index in [0.717, 1.165) is 5.56 Å². The number of halogens is 1. The second kappa shape index (κ2) is 6.82. The number of rotatable bonds is 6. The zero-order chi connectivity index (χ0) is 17.0. The van der Waals surface area contributed by atoms with Crippen molar-refractivity contribution in [2.24, 2.45) is 0 Å². The van der Waals surface area contributed by atoms with Crippen molar-refractivity contribution >= 4 is 5.97 Å². The van der Waals surface area contributed by atoms with E-state index in [9.17, 15) is 9.18 Å². The molecule has 0 aliphatic carbocycles. The predicted molar refractivity (Wildman–Crippen MR) is 87.2 cm³/mol.